The highest BCUT2D eigenvalue weighted by Gasteiger charge is 2.37. The molecule has 2 heteroatoms. The number of quaternary nitrogens is 1. The summed E-state index contributed by atoms with van der Waals surface area (Å²) < 4.78 is 1.06. The molecule has 300 valence electrons. The van der Waals surface area contributed by atoms with Crippen LogP contribution in [0.25, 0.3) is 0 Å². The number of nitrogens with zero attached hydrogens (tertiary/aromatic N) is 1. The highest BCUT2D eigenvalue weighted by Crippen LogP contribution is 2.41. The molecular weight excluding hydrogens is 650 g/mol. The van der Waals surface area contributed by atoms with E-state index in [4.69, 9.17) is 0 Å². The summed E-state index contributed by atoms with van der Waals surface area (Å²) in [4.78, 5) is 0. The molecule has 0 N–H and O–H groups in total. The zero-order chi connectivity index (χ0) is 36.5. The Morgan fingerprint density at radius 3 is 0.769 bits per heavy atom. The molecule has 2 aromatic carbocycles. The standard InChI is InChI=1S/C50H88N.ClH/c1-5-7-9-11-13-15-17-19-21-23-25-27-29-31-39-45-49(47-41-35-33-36-42-47)51(3,4)50(48-43-37-34-38-44-48)46-40-32-30-28-26-24-22-20-18-16-14-12-10-8-6-2;/h33-38,41-44,49-50H,5-32,39-40,45-46H2,1-4H3;1H/q+1;/p-1. The van der Waals surface area contributed by atoms with Gasteiger partial charge in [-0.1, -0.05) is 254 Å². The van der Waals surface area contributed by atoms with Crippen LogP contribution in [0.1, 0.15) is 243 Å². The Labute approximate surface area is 332 Å². The Morgan fingerprint density at radius 2 is 0.538 bits per heavy atom. The minimum Gasteiger partial charge on any atom is -1.00 e. The first-order chi connectivity index (χ1) is 25.1. The third-order valence-corrected chi connectivity index (χ3v) is 12.1. The van der Waals surface area contributed by atoms with Crippen LogP contribution in [0.2, 0.25) is 0 Å². The van der Waals surface area contributed by atoms with E-state index in [0.29, 0.717) is 12.1 Å². The van der Waals surface area contributed by atoms with Gasteiger partial charge in [0.05, 0.1) is 14.1 Å². The van der Waals surface area contributed by atoms with Gasteiger partial charge in [0.2, 0.25) is 0 Å². The molecule has 0 fully saturated rings. The molecule has 0 radical (unpaired) electrons. The molecule has 0 heterocycles. The second-order valence-electron chi connectivity index (χ2n) is 17.0. The summed E-state index contributed by atoms with van der Waals surface area (Å²) in [6.07, 6.45) is 45.5. The van der Waals surface area contributed by atoms with Crippen molar-refractivity contribution in [3.63, 3.8) is 0 Å². The van der Waals surface area contributed by atoms with Crippen LogP contribution in [-0.4, -0.2) is 18.6 Å². The fourth-order valence-electron chi connectivity index (χ4n) is 8.75. The zero-order valence-electron chi connectivity index (χ0n) is 35.4. The molecule has 0 aliphatic heterocycles. The molecule has 2 rings (SSSR count). The van der Waals surface area contributed by atoms with E-state index in [2.05, 4.69) is 88.6 Å². The van der Waals surface area contributed by atoms with Gasteiger partial charge >= 0.3 is 0 Å². The molecule has 2 aromatic rings. The maximum atomic E-state index is 2.55. The highest BCUT2D eigenvalue weighted by atomic mass is 35.5. The molecule has 0 aliphatic carbocycles. The van der Waals surface area contributed by atoms with Crippen LogP contribution in [0.4, 0.5) is 0 Å². The van der Waals surface area contributed by atoms with Crippen molar-refractivity contribution in [2.45, 2.75) is 231 Å². The van der Waals surface area contributed by atoms with Crippen molar-refractivity contribution < 1.29 is 16.9 Å². The molecule has 0 saturated carbocycles. The Morgan fingerprint density at radius 1 is 0.327 bits per heavy atom. The van der Waals surface area contributed by atoms with E-state index in [1.54, 1.807) is 0 Å². The predicted molar refractivity (Wildman–Crippen MR) is 230 cm³/mol. The number of hydrogen-bond donors (Lipinski definition) is 0. The van der Waals surface area contributed by atoms with Crippen LogP contribution in [-0.2, 0) is 0 Å². The molecule has 0 spiro atoms. The summed E-state index contributed by atoms with van der Waals surface area (Å²) in [5.74, 6) is 0. The Hall–Kier alpha value is -1.31. The van der Waals surface area contributed by atoms with Crippen LogP contribution in [0.3, 0.4) is 0 Å². The van der Waals surface area contributed by atoms with Gasteiger partial charge < -0.3 is 16.9 Å². The van der Waals surface area contributed by atoms with E-state index in [1.165, 1.54) is 217 Å². The third-order valence-electron chi connectivity index (χ3n) is 12.1. The van der Waals surface area contributed by atoms with Gasteiger partial charge in [-0.3, -0.25) is 0 Å². The van der Waals surface area contributed by atoms with Gasteiger partial charge in [0, 0.05) is 24.0 Å². The Bertz CT molecular complexity index is 908. The van der Waals surface area contributed by atoms with Crippen molar-refractivity contribution in [1.29, 1.82) is 0 Å². The Balaban J connectivity index is 0.0000135. The lowest BCUT2D eigenvalue weighted by Crippen LogP contribution is -3.00. The third kappa shape index (κ3) is 23.5. The summed E-state index contributed by atoms with van der Waals surface area (Å²) in [6.45, 7) is 4.62. The Kier molecular flexibility index (Phi) is 32.0. The molecule has 2 atom stereocenters. The number of benzene rings is 2. The monoisotopic (exact) mass is 738 g/mol. The summed E-state index contributed by atoms with van der Waals surface area (Å²) in [5, 5.41) is 0. The summed E-state index contributed by atoms with van der Waals surface area (Å²) in [6, 6.07) is 24.2. The van der Waals surface area contributed by atoms with E-state index in [9.17, 15) is 0 Å². The van der Waals surface area contributed by atoms with Gasteiger partial charge in [-0.2, -0.15) is 0 Å². The van der Waals surface area contributed by atoms with Gasteiger partial charge in [0.25, 0.3) is 0 Å². The van der Waals surface area contributed by atoms with Crippen LogP contribution < -0.4 is 12.4 Å². The lowest BCUT2D eigenvalue weighted by atomic mass is 9.90. The predicted octanol–water partition coefficient (Wildman–Crippen LogP) is 14.1. The van der Waals surface area contributed by atoms with E-state index >= 15 is 0 Å². The lowest BCUT2D eigenvalue weighted by molar-refractivity contribution is -0.951. The van der Waals surface area contributed by atoms with E-state index in [-0.39, 0.29) is 12.4 Å². The minimum atomic E-state index is 0. The number of halogens is 1. The second-order valence-corrected chi connectivity index (χ2v) is 17.0. The fraction of sp³-hybridized carbons (Fsp3) is 0.760. The van der Waals surface area contributed by atoms with Gasteiger partial charge in [0.1, 0.15) is 12.1 Å². The average Bonchev–Trinajstić information content (AvgIpc) is 3.15. The smallest absolute Gasteiger partial charge is 0.115 e. The molecule has 0 aromatic heterocycles. The molecule has 0 bridgehead atoms. The van der Waals surface area contributed by atoms with Crippen LogP contribution >= 0.6 is 0 Å². The van der Waals surface area contributed by atoms with Crippen molar-refractivity contribution in [3.8, 4) is 0 Å². The average molecular weight is 739 g/mol. The molecule has 0 saturated heterocycles. The van der Waals surface area contributed by atoms with Crippen LogP contribution in [0.15, 0.2) is 60.7 Å². The maximum Gasteiger partial charge on any atom is 0.115 e. The van der Waals surface area contributed by atoms with Crippen molar-refractivity contribution in [1.82, 2.24) is 0 Å². The first kappa shape index (κ1) is 48.7. The van der Waals surface area contributed by atoms with Crippen molar-refractivity contribution in [3.05, 3.63) is 71.8 Å². The van der Waals surface area contributed by atoms with E-state index in [0.717, 1.165) is 4.48 Å². The minimum absolute atomic E-state index is 0. The number of rotatable bonds is 36. The van der Waals surface area contributed by atoms with Crippen molar-refractivity contribution in [2.24, 2.45) is 0 Å². The SMILES string of the molecule is CCCCCCCCCCCCCCCCCC(c1ccccc1)[N+](C)(C)C(CCCCCCCCCCCCCCCCC)c1ccccc1.[Cl-]. The van der Waals surface area contributed by atoms with Gasteiger partial charge in [0.15, 0.2) is 0 Å². The topological polar surface area (TPSA) is 0 Å². The quantitative estimate of drug-likeness (QED) is 0.0482. The van der Waals surface area contributed by atoms with Gasteiger partial charge in [-0.25, -0.2) is 0 Å². The van der Waals surface area contributed by atoms with Gasteiger partial charge in [-0.15, -0.1) is 0 Å². The fourth-order valence-corrected chi connectivity index (χ4v) is 8.75. The van der Waals surface area contributed by atoms with Gasteiger partial charge in [-0.05, 0) is 12.8 Å². The number of unbranched alkanes of at least 4 members (excludes halogenated alkanes) is 28. The zero-order valence-corrected chi connectivity index (χ0v) is 36.1. The summed E-state index contributed by atoms with van der Waals surface area (Å²) in [5.41, 5.74) is 3.07. The molecule has 1 nitrogen and oxygen atoms in total. The van der Waals surface area contributed by atoms with Crippen LogP contribution in [0.5, 0.6) is 0 Å². The normalized spacial score (nSPS) is 12.8. The maximum absolute atomic E-state index is 2.55. The number of hydrogen-bond acceptors (Lipinski definition) is 0. The second kappa shape index (κ2) is 34.2. The van der Waals surface area contributed by atoms with E-state index < -0.39 is 0 Å². The largest absolute Gasteiger partial charge is 1.00 e. The molecule has 0 amide bonds. The first-order valence-electron chi connectivity index (χ1n) is 23.0. The first-order valence-corrected chi connectivity index (χ1v) is 23.0. The van der Waals surface area contributed by atoms with Crippen molar-refractivity contribution >= 4 is 0 Å². The highest BCUT2D eigenvalue weighted by molar-refractivity contribution is 5.20. The summed E-state index contributed by atoms with van der Waals surface area (Å²) >= 11 is 0. The van der Waals surface area contributed by atoms with Crippen molar-refractivity contribution in [2.75, 3.05) is 14.1 Å². The molecule has 0 aliphatic rings. The van der Waals surface area contributed by atoms with E-state index in [1.807, 2.05) is 0 Å². The molecular formula is C50H88ClN. The summed E-state index contributed by atoms with van der Waals surface area (Å²) in [7, 11) is 5.09. The molecule has 2 unspecified atom stereocenters. The lowest BCUT2D eigenvalue weighted by Gasteiger charge is -2.45. The molecule has 52 heavy (non-hydrogen) atoms. The van der Waals surface area contributed by atoms with Crippen LogP contribution in [0, 0.1) is 0 Å².